The van der Waals surface area contributed by atoms with E-state index in [2.05, 4.69) is 11.4 Å². The Morgan fingerprint density at radius 2 is 1.80 bits per heavy atom. The summed E-state index contributed by atoms with van der Waals surface area (Å²) in [6.45, 7) is 5.50. The van der Waals surface area contributed by atoms with Gasteiger partial charge in [-0.05, 0) is 56.5 Å². The molecule has 1 aliphatic heterocycles. The van der Waals surface area contributed by atoms with Gasteiger partial charge in [0.1, 0.15) is 23.9 Å². The second-order valence-electron chi connectivity index (χ2n) is 8.94. The SMILES string of the molecule is COc1ccccc1CC(=O)N1CCC(NC(=O)c2ccc(COc3ccc(C)cc3C)o2)CC1. The summed E-state index contributed by atoms with van der Waals surface area (Å²) in [6, 6.07) is 17.0. The average molecular weight is 477 g/mol. The predicted molar refractivity (Wildman–Crippen MR) is 133 cm³/mol. The van der Waals surface area contributed by atoms with Crippen molar-refractivity contribution in [1.29, 1.82) is 0 Å². The molecule has 1 saturated heterocycles. The Kier molecular flexibility index (Phi) is 7.75. The first-order chi connectivity index (χ1) is 16.9. The normalized spacial score (nSPS) is 14.0. The Hall–Kier alpha value is -3.74. The number of ether oxygens (including phenoxy) is 2. The minimum Gasteiger partial charge on any atom is -0.496 e. The summed E-state index contributed by atoms with van der Waals surface area (Å²) < 4.78 is 16.9. The highest BCUT2D eigenvalue weighted by Crippen LogP contribution is 2.22. The van der Waals surface area contributed by atoms with E-state index in [1.807, 2.05) is 55.1 Å². The standard InChI is InChI=1S/C28H32N2O5/c1-19-8-10-24(20(2)16-19)34-18-23-9-11-26(35-23)28(32)29-22-12-14-30(15-13-22)27(31)17-21-6-4-5-7-25(21)33-3/h4-11,16,22H,12-15,17-18H2,1-3H3,(H,29,32). The molecule has 2 heterocycles. The average Bonchev–Trinajstić information content (AvgIpc) is 3.33. The number of methoxy groups -OCH3 is 1. The van der Waals surface area contributed by atoms with Gasteiger partial charge in [-0.25, -0.2) is 0 Å². The monoisotopic (exact) mass is 476 g/mol. The summed E-state index contributed by atoms with van der Waals surface area (Å²) in [4.78, 5) is 27.3. The van der Waals surface area contributed by atoms with Crippen LogP contribution in [0.4, 0.5) is 0 Å². The van der Waals surface area contributed by atoms with Crippen LogP contribution in [-0.2, 0) is 17.8 Å². The number of amides is 2. The van der Waals surface area contributed by atoms with Crippen molar-refractivity contribution in [2.24, 2.45) is 0 Å². The maximum Gasteiger partial charge on any atom is 0.287 e. The quantitative estimate of drug-likeness (QED) is 0.520. The van der Waals surface area contributed by atoms with Gasteiger partial charge in [0.25, 0.3) is 5.91 Å². The van der Waals surface area contributed by atoms with Crippen molar-refractivity contribution in [2.75, 3.05) is 20.2 Å². The number of benzene rings is 2. The molecule has 2 aromatic carbocycles. The molecule has 4 rings (SSSR count). The molecule has 7 heteroatoms. The molecule has 0 atom stereocenters. The minimum absolute atomic E-state index is 0.00202. The molecule has 0 unspecified atom stereocenters. The molecule has 0 bridgehead atoms. The lowest BCUT2D eigenvalue weighted by Crippen LogP contribution is -2.46. The van der Waals surface area contributed by atoms with E-state index in [0.717, 1.165) is 22.6 Å². The van der Waals surface area contributed by atoms with Gasteiger partial charge in [-0.1, -0.05) is 35.9 Å². The van der Waals surface area contributed by atoms with Gasteiger partial charge in [0.05, 0.1) is 13.5 Å². The second-order valence-corrected chi connectivity index (χ2v) is 8.94. The minimum atomic E-state index is -0.249. The van der Waals surface area contributed by atoms with Crippen molar-refractivity contribution >= 4 is 11.8 Å². The van der Waals surface area contributed by atoms with Crippen molar-refractivity contribution in [3.05, 3.63) is 82.8 Å². The first kappa shape index (κ1) is 24.4. The fraction of sp³-hybridized carbons (Fsp3) is 0.357. The van der Waals surface area contributed by atoms with E-state index in [-0.39, 0.29) is 30.2 Å². The number of aryl methyl sites for hydroxylation is 2. The molecule has 1 aliphatic rings. The van der Waals surface area contributed by atoms with Crippen LogP contribution in [0.1, 0.15) is 45.8 Å². The molecule has 1 aromatic heterocycles. The Morgan fingerprint density at radius 3 is 2.54 bits per heavy atom. The number of hydrogen-bond acceptors (Lipinski definition) is 5. The van der Waals surface area contributed by atoms with Gasteiger partial charge in [0.2, 0.25) is 5.91 Å². The van der Waals surface area contributed by atoms with E-state index in [1.165, 1.54) is 5.56 Å². The molecule has 3 aromatic rings. The maximum atomic E-state index is 12.7. The fourth-order valence-corrected chi connectivity index (χ4v) is 4.34. The Morgan fingerprint density at radius 1 is 1.03 bits per heavy atom. The number of nitrogens with one attached hydrogen (secondary N) is 1. The molecular formula is C28H32N2O5. The highest BCUT2D eigenvalue weighted by Gasteiger charge is 2.25. The summed E-state index contributed by atoms with van der Waals surface area (Å²) in [7, 11) is 1.61. The van der Waals surface area contributed by atoms with Crippen molar-refractivity contribution < 1.29 is 23.5 Å². The van der Waals surface area contributed by atoms with Crippen molar-refractivity contribution in [3.63, 3.8) is 0 Å². The third-order valence-electron chi connectivity index (χ3n) is 6.30. The lowest BCUT2D eigenvalue weighted by molar-refractivity contribution is -0.131. The molecule has 1 fully saturated rings. The first-order valence-electron chi connectivity index (χ1n) is 11.9. The van der Waals surface area contributed by atoms with E-state index in [0.29, 0.717) is 38.1 Å². The van der Waals surface area contributed by atoms with Gasteiger partial charge < -0.3 is 24.1 Å². The van der Waals surface area contributed by atoms with Crippen LogP contribution >= 0.6 is 0 Å². The number of hydrogen-bond donors (Lipinski definition) is 1. The summed E-state index contributed by atoms with van der Waals surface area (Å²) in [6.07, 6.45) is 1.71. The van der Waals surface area contributed by atoms with Crippen molar-refractivity contribution in [2.45, 2.75) is 45.8 Å². The lowest BCUT2D eigenvalue weighted by atomic mass is 10.0. The fourth-order valence-electron chi connectivity index (χ4n) is 4.34. The third kappa shape index (κ3) is 6.23. The molecule has 0 spiro atoms. The van der Waals surface area contributed by atoms with Gasteiger partial charge in [-0.3, -0.25) is 9.59 Å². The van der Waals surface area contributed by atoms with Crippen LogP contribution in [0.3, 0.4) is 0 Å². The first-order valence-corrected chi connectivity index (χ1v) is 11.9. The third-order valence-corrected chi connectivity index (χ3v) is 6.30. The van der Waals surface area contributed by atoms with Crippen LogP contribution in [0.2, 0.25) is 0 Å². The zero-order chi connectivity index (χ0) is 24.8. The number of nitrogens with zero attached hydrogens (tertiary/aromatic N) is 1. The van der Waals surface area contributed by atoms with Crippen LogP contribution in [0.15, 0.2) is 59.0 Å². The van der Waals surface area contributed by atoms with Crippen LogP contribution in [0, 0.1) is 13.8 Å². The molecule has 35 heavy (non-hydrogen) atoms. The van der Waals surface area contributed by atoms with Crippen molar-refractivity contribution in [3.8, 4) is 11.5 Å². The summed E-state index contributed by atoms with van der Waals surface area (Å²) in [5.74, 6) is 2.19. The predicted octanol–water partition coefficient (Wildman–Crippen LogP) is 4.45. The lowest BCUT2D eigenvalue weighted by Gasteiger charge is -2.32. The highest BCUT2D eigenvalue weighted by molar-refractivity contribution is 5.91. The molecule has 7 nitrogen and oxygen atoms in total. The van der Waals surface area contributed by atoms with Gasteiger partial charge >= 0.3 is 0 Å². The number of furan rings is 1. The molecule has 2 amide bonds. The number of carbonyl (C=O) groups excluding carboxylic acids is 2. The Bertz CT molecular complexity index is 1180. The van der Waals surface area contributed by atoms with E-state index >= 15 is 0 Å². The van der Waals surface area contributed by atoms with E-state index in [4.69, 9.17) is 13.9 Å². The molecular weight excluding hydrogens is 444 g/mol. The van der Waals surface area contributed by atoms with Crippen LogP contribution in [0.25, 0.3) is 0 Å². The molecule has 0 saturated carbocycles. The number of likely N-dealkylation sites (tertiary alicyclic amines) is 1. The topological polar surface area (TPSA) is 81.0 Å². The van der Waals surface area contributed by atoms with Gasteiger partial charge in [-0.15, -0.1) is 0 Å². The van der Waals surface area contributed by atoms with Gasteiger partial charge in [-0.2, -0.15) is 0 Å². The van der Waals surface area contributed by atoms with E-state index in [9.17, 15) is 9.59 Å². The Balaban J connectivity index is 1.24. The van der Waals surface area contributed by atoms with E-state index < -0.39 is 0 Å². The van der Waals surface area contributed by atoms with Gasteiger partial charge in [0.15, 0.2) is 5.76 Å². The summed E-state index contributed by atoms with van der Waals surface area (Å²) in [5, 5.41) is 3.03. The highest BCUT2D eigenvalue weighted by atomic mass is 16.5. The van der Waals surface area contributed by atoms with Crippen LogP contribution < -0.4 is 14.8 Å². The van der Waals surface area contributed by atoms with Crippen molar-refractivity contribution in [1.82, 2.24) is 10.2 Å². The maximum absolute atomic E-state index is 12.7. The molecule has 184 valence electrons. The summed E-state index contributed by atoms with van der Waals surface area (Å²) in [5.41, 5.74) is 3.12. The second kappa shape index (κ2) is 11.1. The number of para-hydroxylation sites is 1. The smallest absolute Gasteiger partial charge is 0.287 e. The van der Waals surface area contributed by atoms with Gasteiger partial charge in [0, 0.05) is 24.7 Å². The molecule has 0 radical (unpaired) electrons. The zero-order valence-electron chi connectivity index (χ0n) is 20.5. The Labute approximate surface area is 206 Å². The zero-order valence-corrected chi connectivity index (χ0v) is 20.5. The molecule has 0 aliphatic carbocycles. The summed E-state index contributed by atoms with van der Waals surface area (Å²) >= 11 is 0. The van der Waals surface area contributed by atoms with Crippen LogP contribution in [0.5, 0.6) is 11.5 Å². The number of piperidine rings is 1. The van der Waals surface area contributed by atoms with E-state index in [1.54, 1.807) is 19.2 Å². The number of carbonyl (C=O) groups is 2. The number of rotatable bonds is 8. The largest absolute Gasteiger partial charge is 0.496 e. The van der Waals surface area contributed by atoms with Crippen LogP contribution in [-0.4, -0.2) is 43.0 Å². The molecule has 1 N–H and O–H groups in total.